The minimum Gasteiger partial charge on any atom is -0.425 e. The second-order valence-corrected chi connectivity index (χ2v) is 9.16. The van der Waals surface area contributed by atoms with E-state index in [1.807, 2.05) is 0 Å². The van der Waals surface area contributed by atoms with E-state index in [4.69, 9.17) is 4.74 Å². The Balaban J connectivity index is 1.71. The molecular formula is C28H23F4N5O5. The molecule has 1 N–H and O–H groups in total. The molecular weight excluding hydrogens is 562 g/mol. The highest BCUT2D eigenvalue weighted by molar-refractivity contribution is 5.72. The highest BCUT2D eigenvalue weighted by Gasteiger charge is 2.31. The number of hydrogen-bond donors (Lipinski definition) is 1. The van der Waals surface area contributed by atoms with E-state index in [2.05, 4.69) is 14.7 Å². The molecule has 10 nitrogen and oxygen atoms in total. The van der Waals surface area contributed by atoms with E-state index in [0.717, 1.165) is 16.7 Å². The maximum absolute atomic E-state index is 13.7. The van der Waals surface area contributed by atoms with Crippen molar-refractivity contribution in [2.75, 3.05) is 6.61 Å². The van der Waals surface area contributed by atoms with Gasteiger partial charge in [0.05, 0.1) is 13.1 Å². The fourth-order valence-corrected chi connectivity index (χ4v) is 4.35. The largest absolute Gasteiger partial charge is 0.573 e. The Hall–Kier alpha value is -4.98. The van der Waals surface area contributed by atoms with Gasteiger partial charge in [-0.25, -0.2) is 9.18 Å². The maximum atomic E-state index is 13.7. The van der Waals surface area contributed by atoms with Crippen molar-refractivity contribution in [3.63, 3.8) is 0 Å². The summed E-state index contributed by atoms with van der Waals surface area (Å²) in [7, 11) is 0. The zero-order valence-corrected chi connectivity index (χ0v) is 21.8. The summed E-state index contributed by atoms with van der Waals surface area (Å²) in [5.74, 6) is -1.11. The van der Waals surface area contributed by atoms with E-state index in [-0.39, 0.29) is 55.6 Å². The van der Waals surface area contributed by atoms with Crippen LogP contribution in [0, 0.1) is 5.82 Å². The van der Waals surface area contributed by atoms with Crippen LogP contribution in [-0.4, -0.2) is 41.7 Å². The molecule has 0 bridgehead atoms. The lowest BCUT2D eigenvalue weighted by molar-refractivity contribution is -0.274. The first-order valence-corrected chi connectivity index (χ1v) is 12.6. The van der Waals surface area contributed by atoms with Crippen molar-refractivity contribution in [3.05, 3.63) is 111 Å². The molecule has 42 heavy (non-hydrogen) atoms. The zero-order valence-electron chi connectivity index (χ0n) is 21.8. The number of halogens is 4. The Morgan fingerprint density at radius 1 is 0.857 bits per heavy atom. The van der Waals surface area contributed by atoms with Crippen molar-refractivity contribution in [2.24, 2.45) is 0 Å². The molecule has 0 atom stereocenters. The Morgan fingerprint density at radius 2 is 1.52 bits per heavy atom. The summed E-state index contributed by atoms with van der Waals surface area (Å²) >= 11 is 0. The van der Waals surface area contributed by atoms with Crippen LogP contribution in [0.15, 0.2) is 82.6 Å². The minimum absolute atomic E-state index is 0.000826. The van der Waals surface area contributed by atoms with Crippen LogP contribution in [0.3, 0.4) is 0 Å². The number of imidazole rings is 1. The summed E-state index contributed by atoms with van der Waals surface area (Å²) in [4.78, 5) is 35.7. The van der Waals surface area contributed by atoms with E-state index < -0.39 is 29.2 Å². The number of ether oxygens (including phenoxy) is 2. The first-order valence-electron chi connectivity index (χ1n) is 12.6. The SMILES string of the molecule is O=c1c2c(nc(Oc3cccc(OC(F)(F)F)c3)n2Cc2ccc(F)cc2)n(Cc2ccncc2)c(=O)n1CCCO. The predicted molar refractivity (Wildman–Crippen MR) is 142 cm³/mol. The first-order chi connectivity index (χ1) is 20.1. The molecule has 5 aromatic rings. The van der Waals surface area contributed by atoms with Gasteiger partial charge in [0.2, 0.25) is 0 Å². The molecule has 0 saturated carbocycles. The lowest BCUT2D eigenvalue weighted by Gasteiger charge is -2.13. The van der Waals surface area contributed by atoms with Gasteiger partial charge in [0.1, 0.15) is 17.3 Å². The van der Waals surface area contributed by atoms with Crippen molar-refractivity contribution in [2.45, 2.75) is 32.4 Å². The number of aliphatic hydroxyl groups is 1. The van der Waals surface area contributed by atoms with Crippen LogP contribution in [0.1, 0.15) is 17.5 Å². The number of rotatable bonds is 10. The van der Waals surface area contributed by atoms with Crippen molar-refractivity contribution >= 4 is 11.2 Å². The van der Waals surface area contributed by atoms with Crippen LogP contribution in [0.5, 0.6) is 17.5 Å². The number of fused-ring (bicyclic) bond motifs is 1. The Kier molecular flexibility index (Phi) is 8.06. The van der Waals surface area contributed by atoms with Gasteiger partial charge in [-0.2, -0.15) is 4.98 Å². The molecule has 0 amide bonds. The minimum atomic E-state index is -4.93. The fraction of sp³-hybridized carbons (Fsp3) is 0.214. The third-order valence-corrected chi connectivity index (χ3v) is 6.21. The lowest BCUT2D eigenvalue weighted by atomic mass is 10.2. The molecule has 0 fully saturated rings. The molecule has 5 rings (SSSR count). The molecule has 218 valence electrons. The number of benzene rings is 2. The van der Waals surface area contributed by atoms with Crippen LogP contribution in [-0.2, 0) is 19.6 Å². The molecule has 0 spiro atoms. The summed E-state index contributed by atoms with van der Waals surface area (Å²) in [6.07, 6.45) is -1.73. The second-order valence-electron chi connectivity index (χ2n) is 9.16. The third kappa shape index (κ3) is 6.33. The number of pyridine rings is 1. The van der Waals surface area contributed by atoms with E-state index in [9.17, 15) is 32.3 Å². The van der Waals surface area contributed by atoms with Gasteiger partial charge < -0.3 is 14.6 Å². The Morgan fingerprint density at radius 3 is 2.21 bits per heavy atom. The Labute approximate surface area is 234 Å². The standard InChI is InChI=1S/C28H23F4N5O5/c29-20-7-5-18(6-8-20)16-36-23-24(34-26(36)41-21-3-1-4-22(15-21)42-28(30,31)32)37(17-19-9-11-33-12-10-19)27(40)35(25(23)39)13-2-14-38/h1,3-12,15,38H,2,13-14,16-17H2. The summed E-state index contributed by atoms with van der Waals surface area (Å²) in [5, 5.41) is 9.38. The number of alkyl halides is 3. The van der Waals surface area contributed by atoms with Crippen molar-refractivity contribution in [1.82, 2.24) is 23.7 Å². The quantitative estimate of drug-likeness (QED) is 0.246. The lowest BCUT2D eigenvalue weighted by Crippen LogP contribution is -2.41. The summed E-state index contributed by atoms with van der Waals surface area (Å²) in [5.41, 5.74) is -0.258. The van der Waals surface area contributed by atoms with Gasteiger partial charge in [-0.15, -0.1) is 13.2 Å². The second kappa shape index (κ2) is 11.9. The number of hydrogen-bond acceptors (Lipinski definition) is 7. The van der Waals surface area contributed by atoms with Crippen LogP contribution in [0.25, 0.3) is 11.2 Å². The smallest absolute Gasteiger partial charge is 0.425 e. The monoisotopic (exact) mass is 585 g/mol. The van der Waals surface area contributed by atoms with E-state index >= 15 is 0 Å². The van der Waals surface area contributed by atoms with Gasteiger partial charge >= 0.3 is 18.1 Å². The van der Waals surface area contributed by atoms with Crippen LogP contribution >= 0.6 is 0 Å². The highest BCUT2D eigenvalue weighted by atomic mass is 19.4. The van der Waals surface area contributed by atoms with E-state index in [0.29, 0.717) is 11.1 Å². The van der Waals surface area contributed by atoms with E-state index in [1.165, 1.54) is 57.9 Å². The zero-order chi connectivity index (χ0) is 29.9. The number of aromatic nitrogens is 5. The van der Waals surface area contributed by atoms with Gasteiger partial charge in [0.25, 0.3) is 5.56 Å². The van der Waals surface area contributed by atoms with Gasteiger partial charge in [0, 0.05) is 31.6 Å². The average Bonchev–Trinajstić information content (AvgIpc) is 3.29. The molecule has 3 heterocycles. The topological polar surface area (TPSA) is 113 Å². The maximum Gasteiger partial charge on any atom is 0.573 e. The molecule has 0 saturated heterocycles. The van der Waals surface area contributed by atoms with Crippen LogP contribution in [0.4, 0.5) is 17.6 Å². The summed E-state index contributed by atoms with van der Waals surface area (Å²) in [6.45, 7) is -0.421. The summed E-state index contributed by atoms with van der Waals surface area (Å²) in [6, 6.07) is 13.3. The molecule has 0 aliphatic rings. The van der Waals surface area contributed by atoms with Crippen LogP contribution < -0.4 is 20.7 Å². The molecule has 0 unspecified atom stereocenters. The number of aliphatic hydroxyl groups excluding tert-OH is 1. The molecule has 0 aliphatic carbocycles. The fourth-order valence-electron chi connectivity index (χ4n) is 4.35. The van der Waals surface area contributed by atoms with Gasteiger partial charge in [-0.05, 0) is 53.9 Å². The normalized spacial score (nSPS) is 11.6. The predicted octanol–water partition coefficient (Wildman–Crippen LogP) is 4.06. The van der Waals surface area contributed by atoms with E-state index in [1.54, 1.807) is 12.1 Å². The summed E-state index contributed by atoms with van der Waals surface area (Å²) < 4.78 is 65.5. The van der Waals surface area contributed by atoms with Gasteiger partial charge in [0.15, 0.2) is 11.2 Å². The Bertz CT molecular complexity index is 1820. The molecule has 3 aromatic heterocycles. The average molecular weight is 586 g/mol. The van der Waals surface area contributed by atoms with Crippen molar-refractivity contribution < 1.29 is 32.1 Å². The van der Waals surface area contributed by atoms with Crippen LogP contribution in [0.2, 0.25) is 0 Å². The molecule has 2 aromatic carbocycles. The van der Waals surface area contributed by atoms with Crippen molar-refractivity contribution in [1.29, 1.82) is 0 Å². The number of nitrogens with zero attached hydrogens (tertiary/aromatic N) is 5. The molecule has 14 heteroatoms. The molecule has 0 aliphatic heterocycles. The van der Waals surface area contributed by atoms with Gasteiger partial charge in [-0.1, -0.05) is 18.2 Å². The van der Waals surface area contributed by atoms with Crippen molar-refractivity contribution in [3.8, 4) is 17.5 Å². The molecule has 0 radical (unpaired) electrons. The first kappa shape index (κ1) is 28.5. The van der Waals surface area contributed by atoms with Gasteiger partial charge in [-0.3, -0.25) is 23.5 Å². The highest BCUT2D eigenvalue weighted by Crippen LogP contribution is 2.30. The third-order valence-electron chi connectivity index (χ3n) is 6.21.